The van der Waals surface area contributed by atoms with Gasteiger partial charge in [0.05, 0.1) is 26.4 Å². The molecule has 1 N–H and O–H groups in total. The molecule has 0 aliphatic carbocycles. The summed E-state index contributed by atoms with van der Waals surface area (Å²) in [5.74, 6) is 1.97. The van der Waals surface area contributed by atoms with Gasteiger partial charge >= 0.3 is 0 Å². The number of benzene rings is 2. The second kappa shape index (κ2) is 12.5. The van der Waals surface area contributed by atoms with Gasteiger partial charge in [0.25, 0.3) is 0 Å². The van der Waals surface area contributed by atoms with E-state index in [-0.39, 0.29) is 19.1 Å². The van der Waals surface area contributed by atoms with Gasteiger partial charge in [0.2, 0.25) is 5.91 Å². The molecule has 1 saturated heterocycles. The number of carbonyl (C=O) groups is 1. The van der Waals surface area contributed by atoms with Crippen molar-refractivity contribution in [2.75, 3.05) is 46.5 Å². The lowest BCUT2D eigenvalue weighted by molar-refractivity contribution is -0.132. The van der Waals surface area contributed by atoms with Gasteiger partial charge in [0.15, 0.2) is 11.5 Å². The van der Waals surface area contributed by atoms with Gasteiger partial charge in [0.1, 0.15) is 24.6 Å². The fourth-order valence-electron chi connectivity index (χ4n) is 4.78. The predicted octanol–water partition coefficient (Wildman–Crippen LogP) is 3.37. The molecule has 1 aliphatic heterocycles. The van der Waals surface area contributed by atoms with Crippen LogP contribution in [0, 0.1) is 20.8 Å². The van der Waals surface area contributed by atoms with Crippen molar-refractivity contribution in [1.29, 1.82) is 0 Å². The summed E-state index contributed by atoms with van der Waals surface area (Å²) in [6, 6.07) is 11.8. The molecule has 4 rings (SSSR count). The van der Waals surface area contributed by atoms with E-state index in [9.17, 15) is 9.90 Å². The number of aromatic nitrogens is 2. The van der Waals surface area contributed by atoms with Crippen LogP contribution in [0.2, 0.25) is 0 Å². The summed E-state index contributed by atoms with van der Waals surface area (Å²) in [4.78, 5) is 16.1. The molecule has 1 unspecified atom stereocenters. The maximum atomic E-state index is 12.3. The van der Waals surface area contributed by atoms with E-state index in [2.05, 4.69) is 16.9 Å². The Balaban J connectivity index is 1.42. The highest BCUT2D eigenvalue weighted by Gasteiger charge is 2.37. The second-order valence-electron chi connectivity index (χ2n) is 10.5. The SMILES string of the molecule is COc1cc(CN2CCN(C(C)=O)CC(O)(COc3ccc(C)c(C)c3)C2)ccc1OCCn1cc(C)cn1. The van der Waals surface area contributed by atoms with Gasteiger partial charge in [0, 0.05) is 39.3 Å². The van der Waals surface area contributed by atoms with E-state index in [0.717, 1.165) is 16.7 Å². The van der Waals surface area contributed by atoms with Crippen LogP contribution in [-0.2, 0) is 17.9 Å². The Morgan fingerprint density at radius 1 is 1.03 bits per heavy atom. The molecule has 9 heteroatoms. The summed E-state index contributed by atoms with van der Waals surface area (Å²) in [6.45, 7) is 11.2. The summed E-state index contributed by atoms with van der Waals surface area (Å²) < 4.78 is 19.5. The number of aryl methyl sites for hydroxylation is 3. The summed E-state index contributed by atoms with van der Waals surface area (Å²) in [5.41, 5.74) is 3.23. The molecule has 9 nitrogen and oxygen atoms in total. The van der Waals surface area contributed by atoms with E-state index in [1.165, 1.54) is 12.5 Å². The minimum atomic E-state index is -1.22. The normalized spacial score (nSPS) is 18.1. The first-order chi connectivity index (χ1) is 18.6. The predicted molar refractivity (Wildman–Crippen MR) is 149 cm³/mol. The number of methoxy groups -OCH3 is 1. The molecule has 1 fully saturated rings. The summed E-state index contributed by atoms with van der Waals surface area (Å²) in [6.07, 6.45) is 3.80. The first-order valence-electron chi connectivity index (χ1n) is 13.3. The lowest BCUT2D eigenvalue weighted by Crippen LogP contribution is -2.51. The summed E-state index contributed by atoms with van der Waals surface area (Å²) >= 11 is 0. The number of hydrogen-bond acceptors (Lipinski definition) is 7. The van der Waals surface area contributed by atoms with Crippen molar-refractivity contribution < 1.29 is 24.1 Å². The first-order valence-corrected chi connectivity index (χ1v) is 13.3. The largest absolute Gasteiger partial charge is 0.493 e. The van der Waals surface area contributed by atoms with E-state index >= 15 is 0 Å². The van der Waals surface area contributed by atoms with Crippen molar-refractivity contribution in [3.05, 3.63) is 71.0 Å². The highest BCUT2D eigenvalue weighted by atomic mass is 16.5. The van der Waals surface area contributed by atoms with Gasteiger partial charge in [-0.2, -0.15) is 5.10 Å². The van der Waals surface area contributed by atoms with E-state index in [1.54, 1.807) is 12.0 Å². The monoisotopic (exact) mass is 536 g/mol. The number of hydrogen-bond donors (Lipinski definition) is 1. The van der Waals surface area contributed by atoms with Gasteiger partial charge in [-0.1, -0.05) is 12.1 Å². The molecule has 1 aliphatic rings. The quantitative estimate of drug-likeness (QED) is 0.425. The Bertz CT molecular complexity index is 1280. The van der Waals surface area contributed by atoms with Gasteiger partial charge in [-0.15, -0.1) is 0 Å². The van der Waals surface area contributed by atoms with Crippen molar-refractivity contribution in [2.45, 2.75) is 46.4 Å². The van der Waals surface area contributed by atoms with Crippen LogP contribution >= 0.6 is 0 Å². The molecule has 0 saturated carbocycles. The molecule has 210 valence electrons. The molecule has 2 heterocycles. The number of carbonyl (C=O) groups excluding carboxylic acids is 1. The molecule has 3 aromatic rings. The average Bonchev–Trinajstić information content (AvgIpc) is 3.24. The van der Waals surface area contributed by atoms with Crippen molar-refractivity contribution in [2.24, 2.45) is 0 Å². The van der Waals surface area contributed by atoms with Crippen LogP contribution in [0.4, 0.5) is 0 Å². The Kier molecular flexibility index (Phi) is 9.14. The lowest BCUT2D eigenvalue weighted by atomic mass is 10.0. The fraction of sp³-hybridized carbons (Fsp3) is 0.467. The number of aliphatic hydroxyl groups is 1. The number of rotatable bonds is 10. The van der Waals surface area contributed by atoms with E-state index < -0.39 is 5.60 Å². The van der Waals surface area contributed by atoms with Crippen molar-refractivity contribution in [3.8, 4) is 17.2 Å². The Morgan fingerprint density at radius 3 is 2.54 bits per heavy atom. The molecule has 2 aromatic carbocycles. The Hall–Kier alpha value is -3.56. The van der Waals surface area contributed by atoms with Gasteiger partial charge in [-0.3, -0.25) is 14.4 Å². The molecular weight excluding hydrogens is 496 g/mol. The molecule has 1 aromatic heterocycles. The second-order valence-corrected chi connectivity index (χ2v) is 10.5. The fourth-order valence-corrected chi connectivity index (χ4v) is 4.78. The molecular formula is C30H40N4O5. The molecule has 0 spiro atoms. The minimum absolute atomic E-state index is 0.0603. The van der Waals surface area contributed by atoms with Crippen molar-refractivity contribution >= 4 is 5.91 Å². The Morgan fingerprint density at radius 2 is 1.85 bits per heavy atom. The van der Waals surface area contributed by atoms with E-state index in [4.69, 9.17) is 14.2 Å². The van der Waals surface area contributed by atoms with Crippen molar-refractivity contribution in [1.82, 2.24) is 19.6 Å². The maximum Gasteiger partial charge on any atom is 0.219 e. The zero-order valence-corrected chi connectivity index (χ0v) is 23.6. The van der Waals surface area contributed by atoms with Crippen LogP contribution in [-0.4, -0.2) is 82.7 Å². The average molecular weight is 537 g/mol. The topological polar surface area (TPSA) is 89.3 Å². The van der Waals surface area contributed by atoms with Crippen LogP contribution < -0.4 is 14.2 Å². The zero-order valence-electron chi connectivity index (χ0n) is 23.6. The first kappa shape index (κ1) is 28.4. The third kappa shape index (κ3) is 7.74. The number of nitrogens with zero attached hydrogens (tertiary/aromatic N) is 4. The molecule has 0 radical (unpaired) electrons. The van der Waals surface area contributed by atoms with Crippen LogP contribution in [0.15, 0.2) is 48.8 Å². The summed E-state index contributed by atoms with van der Waals surface area (Å²) in [7, 11) is 1.63. The highest BCUT2D eigenvalue weighted by Crippen LogP contribution is 2.29. The van der Waals surface area contributed by atoms with Crippen LogP contribution in [0.5, 0.6) is 17.2 Å². The van der Waals surface area contributed by atoms with Crippen LogP contribution in [0.1, 0.15) is 29.2 Å². The number of amides is 1. The van der Waals surface area contributed by atoms with Gasteiger partial charge in [-0.05, 0) is 67.3 Å². The third-order valence-electron chi connectivity index (χ3n) is 7.09. The number of β-amino-alcohol motifs (C(OH)–C–C–N with tert-alkyl or cyclic N) is 1. The van der Waals surface area contributed by atoms with E-state index in [1.807, 2.05) is 67.3 Å². The molecule has 0 bridgehead atoms. The molecule has 1 amide bonds. The highest BCUT2D eigenvalue weighted by molar-refractivity contribution is 5.73. The lowest BCUT2D eigenvalue weighted by Gasteiger charge is -2.33. The minimum Gasteiger partial charge on any atom is -0.493 e. The Labute approximate surface area is 230 Å². The zero-order chi connectivity index (χ0) is 28.0. The molecule has 1 atom stereocenters. The third-order valence-corrected chi connectivity index (χ3v) is 7.09. The van der Waals surface area contributed by atoms with Gasteiger partial charge < -0.3 is 24.2 Å². The molecule has 39 heavy (non-hydrogen) atoms. The van der Waals surface area contributed by atoms with E-state index in [0.29, 0.717) is 56.6 Å². The van der Waals surface area contributed by atoms with Crippen LogP contribution in [0.25, 0.3) is 0 Å². The van der Waals surface area contributed by atoms with Gasteiger partial charge in [-0.25, -0.2) is 0 Å². The standard InChI is InChI=1S/C30H40N4O5/c1-22-16-31-34(17-22)12-13-38-28-9-7-26(15-29(28)37-5)18-32-10-11-33(25(4)35)20-30(36,19-32)21-39-27-8-6-23(2)24(3)14-27/h6-9,14-17,36H,10-13,18-21H2,1-5H3. The number of ether oxygens (including phenoxy) is 3. The smallest absolute Gasteiger partial charge is 0.219 e. The van der Waals surface area contributed by atoms with Crippen LogP contribution in [0.3, 0.4) is 0 Å². The summed E-state index contributed by atoms with van der Waals surface area (Å²) in [5, 5.41) is 15.9. The van der Waals surface area contributed by atoms with Crippen molar-refractivity contribution in [3.63, 3.8) is 0 Å². The maximum absolute atomic E-state index is 12.3.